The highest BCUT2D eigenvalue weighted by molar-refractivity contribution is 5.96. The van der Waals surface area contributed by atoms with Gasteiger partial charge in [0.05, 0.1) is 36.9 Å². The number of hydrogen-bond acceptors (Lipinski definition) is 6. The van der Waals surface area contributed by atoms with E-state index in [9.17, 15) is 19.2 Å². The molecule has 260 valence electrons. The lowest BCUT2D eigenvalue weighted by atomic mass is 9.70. The molecule has 1 saturated carbocycles. The molecule has 1 spiro atoms. The van der Waals surface area contributed by atoms with Crippen molar-refractivity contribution in [2.24, 2.45) is 28.1 Å². The predicted octanol–water partition coefficient (Wildman–Crippen LogP) is 3.35. The third-order valence-corrected chi connectivity index (χ3v) is 11.6. The Morgan fingerprint density at radius 2 is 1.49 bits per heavy atom. The SMILES string of the molecule is CNC(=O)[C@@H](NC(=O)[C@H]1CN(C(=O)c2cnn(Cc3ccccc3)c2)CC12CN(C(=O)C1C(C)(C)C1(C)C)C2)[C@@H](C)OCc1ccccc1. The van der Waals surface area contributed by atoms with Gasteiger partial charge >= 0.3 is 0 Å². The van der Waals surface area contributed by atoms with Crippen molar-refractivity contribution in [1.29, 1.82) is 0 Å². The molecule has 6 rings (SSSR count). The van der Waals surface area contributed by atoms with E-state index >= 15 is 0 Å². The van der Waals surface area contributed by atoms with Crippen LogP contribution in [0.1, 0.15) is 56.1 Å². The van der Waals surface area contributed by atoms with E-state index in [0.717, 1.165) is 11.1 Å². The van der Waals surface area contributed by atoms with E-state index in [1.165, 1.54) is 7.05 Å². The summed E-state index contributed by atoms with van der Waals surface area (Å²) in [6.45, 7) is 12.3. The molecule has 49 heavy (non-hydrogen) atoms. The zero-order valence-corrected chi connectivity index (χ0v) is 29.3. The lowest BCUT2D eigenvalue weighted by Gasteiger charge is -2.50. The molecular weight excluding hydrogens is 620 g/mol. The minimum atomic E-state index is -0.954. The Morgan fingerprint density at radius 3 is 2.08 bits per heavy atom. The molecular formula is C38H48N6O5. The molecule has 1 aromatic heterocycles. The zero-order valence-electron chi connectivity index (χ0n) is 29.3. The lowest BCUT2D eigenvalue weighted by molar-refractivity contribution is -0.152. The monoisotopic (exact) mass is 668 g/mol. The molecule has 3 heterocycles. The Morgan fingerprint density at radius 1 is 0.898 bits per heavy atom. The molecule has 0 bridgehead atoms. The van der Waals surface area contributed by atoms with E-state index in [1.54, 1.807) is 28.9 Å². The third kappa shape index (κ3) is 6.48. The van der Waals surface area contributed by atoms with Gasteiger partial charge in [-0.05, 0) is 28.9 Å². The van der Waals surface area contributed by atoms with Crippen LogP contribution in [0.5, 0.6) is 0 Å². The highest BCUT2D eigenvalue weighted by Gasteiger charge is 2.70. The van der Waals surface area contributed by atoms with Crippen LogP contribution in [0.25, 0.3) is 0 Å². The summed E-state index contributed by atoms with van der Waals surface area (Å²) in [6, 6.07) is 18.6. The van der Waals surface area contributed by atoms with Crippen molar-refractivity contribution in [2.75, 3.05) is 33.2 Å². The molecule has 0 unspecified atom stereocenters. The summed E-state index contributed by atoms with van der Waals surface area (Å²) in [5.41, 5.74) is 1.59. The number of rotatable bonds is 11. The summed E-state index contributed by atoms with van der Waals surface area (Å²) in [7, 11) is 1.52. The van der Waals surface area contributed by atoms with Gasteiger partial charge in [-0.3, -0.25) is 23.9 Å². The van der Waals surface area contributed by atoms with Crippen molar-refractivity contribution in [2.45, 2.75) is 59.9 Å². The van der Waals surface area contributed by atoms with Crippen LogP contribution >= 0.6 is 0 Å². The Balaban J connectivity index is 1.19. The van der Waals surface area contributed by atoms with Crippen LogP contribution in [0.4, 0.5) is 0 Å². The summed E-state index contributed by atoms with van der Waals surface area (Å²) < 4.78 is 7.78. The van der Waals surface area contributed by atoms with Crippen molar-refractivity contribution in [1.82, 2.24) is 30.2 Å². The first kappa shape index (κ1) is 34.4. The molecule has 2 aliphatic heterocycles. The second-order valence-electron chi connectivity index (χ2n) is 15.2. The van der Waals surface area contributed by atoms with Crippen LogP contribution in [-0.2, 0) is 32.3 Å². The Hall–Kier alpha value is -4.51. The molecule has 3 aromatic rings. The van der Waals surface area contributed by atoms with Crippen LogP contribution in [0.15, 0.2) is 73.1 Å². The maximum Gasteiger partial charge on any atom is 0.257 e. The van der Waals surface area contributed by atoms with Crippen LogP contribution in [0.3, 0.4) is 0 Å². The second kappa shape index (κ2) is 13.1. The van der Waals surface area contributed by atoms with Gasteiger partial charge in [0, 0.05) is 50.8 Å². The van der Waals surface area contributed by atoms with E-state index in [1.807, 2.05) is 65.6 Å². The highest BCUT2D eigenvalue weighted by Crippen LogP contribution is 2.69. The molecule has 3 fully saturated rings. The molecule has 3 aliphatic rings. The fourth-order valence-electron chi connectivity index (χ4n) is 7.89. The fraction of sp³-hybridized carbons (Fsp3) is 0.500. The maximum absolute atomic E-state index is 14.2. The van der Waals surface area contributed by atoms with E-state index in [-0.39, 0.29) is 53.5 Å². The largest absolute Gasteiger partial charge is 0.371 e. The fourth-order valence-corrected chi connectivity index (χ4v) is 7.89. The van der Waals surface area contributed by atoms with Gasteiger partial charge in [-0.2, -0.15) is 5.10 Å². The van der Waals surface area contributed by atoms with Gasteiger partial charge in [0.1, 0.15) is 6.04 Å². The number of nitrogens with zero attached hydrogens (tertiary/aromatic N) is 4. The van der Waals surface area contributed by atoms with Gasteiger partial charge in [-0.25, -0.2) is 0 Å². The number of nitrogens with one attached hydrogen (secondary N) is 2. The van der Waals surface area contributed by atoms with Crippen molar-refractivity contribution in [3.63, 3.8) is 0 Å². The molecule has 2 saturated heterocycles. The van der Waals surface area contributed by atoms with Gasteiger partial charge in [-0.1, -0.05) is 88.4 Å². The second-order valence-corrected chi connectivity index (χ2v) is 15.2. The number of likely N-dealkylation sites (N-methyl/N-ethyl adjacent to an activating group) is 1. The number of carbonyl (C=O) groups excluding carboxylic acids is 4. The molecule has 2 N–H and O–H groups in total. The zero-order chi connectivity index (χ0) is 35.1. The van der Waals surface area contributed by atoms with E-state index in [4.69, 9.17) is 4.74 Å². The smallest absolute Gasteiger partial charge is 0.257 e. The quantitative estimate of drug-likeness (QED) is 0.323. The number of amides is 4. The molecule has 0 radical (unpaired) electrons. The third-order valence-electron chi connectivity index (χ3n) is 11.6. The van der Waals surface area contributed by atoms with Crippen molar-refractivity contribution in [3.8, 4) is 0 Å². The van der Waals surface area contributed by atoms with Crippen LogP contribution < -0.4 is 10.6 Å². The highest BCUT2D eigenvalue weighted by atomic mass is 16.5. The van der Waals surface area contributed by atoms with Gasteiger partial charge in [-0.15, -0.1) is 0 Å². The first-order valence-corrected chi connectivity index (χ1v) is 17.1. The van der Waals surface area contributed by atoms with Crippen molar-refractivity contribution < 1.29 is 23.9 Å². The normalized spacial score (nSPS) is 21.5. The van der Waals surface area contributed by atoms with Gasteiger partial charge < -0.3 is 25.2 Å². The number of hydrogen-bond donors (Lipinski definition) is 2. The Kier molecular flexibility index (Phi) is 9.17. The van der Waals surface area contributed by atoms with Gasteiger partial charge in [0.2, 0.25) is 17.7 Å². The minimum Gasteiger partial charge on any atom is -0.371 e. The molecule has 1 aliphatic carbocycles. The number of aromatic nitrogens is 2. The van der Waals surface area contributed by atoms with E-state index in [0.29, 0.717) is 31.7 Å². The predicted molar refractivity (Wildman–Crippen MR) is 184 cm³/mol. The number of benzene rings is 2. The van der Waals surface area contributed by atoms with Crippen molar-refractivity contribution in [3.05, 3.63) is 89.7 Å². The molecule has 4 amide bonds. The summed E-state index contributed by atoms with van der Waals surface area (Å²) in [5, 5.41) is 10.0. The summed E-state index contributed by atoms with van der Waals surface area (Å²) in [6.07, 6.45) is 2.66. The first-order valence-electron chi connectivity index (χ1n) is 17.1. The summed E-state index contributed by atoms with van der Waals surface area (Å²) in [5.74, 6) is -1.56. The number of likely N-dealkylation sites (tertiary alicyclic amines) is 2. The van der Waals surface area contributed by atoms with Crippen LogP contribution in [0.2, 0.25) is 0 Å². The number of carbonyl (C=O) groups is 4. The first-order chi connectivity index (χ1) is 23.3. The van der Waals surface area contributed by atoms with Crippen LogP contribution in [-0.4, -0.2) is 88.6 Å². The topological polar surface area (TPSA) is 126 Å². The van der Waals surface area contributed by atoms with Gasteiger partial charge in [0.25, 0.3) is 5.91 Å². The average molecular weight is 669 g/mol. The average Bonchev–Trinajstić information content (AvgIpc) is 3.51. The minimum absolute atomic E-state index is 0.0953. The Bertz CT molecular complexity index is 1680. The molecule has 11 nitrogen and oxygen atoms in total. The maximum atomic E-state index is 14.2. The molecule has 11 heteroatoms. The standard InChI is InChI=1S/C38H48N6O5/c1-25(49-21-27-15-11-8-12-16-27)30(33(46)39-6)41-32(45)29-20-42(34(47)28-17-40-44(19-28)18-26-13-9-7-10-14-26)22-38(29)23-43(24-38)35(48)31-36(2,3)37(31,4)5/h7-17,19,25,29-31H,18,20-24H2,1-6H3,(H,39,46)(H,41,45)/t25-,29-,30+/m1/s1. The number of ether oxygens (including phenoxy) is 1. The van der Waals surface area contributed by atoms with Crippen molar-refractivity contribution >= 4 is 23.6 Å². The Labute approximate surface area is 288 Å². The van der Waals surface area contributed by atoms with Crippen LogP contribution in [0, 0.1) is 28.1 Å². The van der Waals surface area contributed by atoms with E-state index < -0.39 is 23.5 Å². The van der Waals surface area contributed by atoms with Gasteiger partial charge in [0.15, 0.2) is 0 Å². The summed E-state index contributed by atoms with van der Waals surface area (Å²) >= 11 is 0. The summed E-state index contributed by atoms with van der Waals surface area (Å²) in [4.78, 5) is 58.4. The molecule has 3 atom stereocenters. The van der Waals surface area contributed by atoms with E-state index in [2.05, 4.69) is 43.4 Å². The lowest BCUT2D eigenvalue weighted by Crippen LogP contribution is -2.65. The molecule has 2 aromatic carbocycles.